The van der Waals surface area contributed by atoms with Crippen molar-refractivity contribution in [3.05, 3.63) is 71.3 Å². The molecule has 0 N–H and O–H groups in total. The van der Waals surface area contributed by atoms with Crippen LogP contribution in [0.3, 0.4) is 0 Å². The Balaban J connectivity index is 2.09. The lowest BCUT2D eigenvalue weighted by molar-refractivity contribution is 1.000. The molecule has 0 amide bonds. The van der Waals surface area contributed by atoms with E-state index in [4.69, 9.17) is 11.6 Å². The molecule has 0 radical (unpaired) electrons. The lowest BCUT2D eigenvalue weighted by atomic mass is 10.0. The molecule has 0 fully saturated rings. The van der Waals surface area contributed by atoms with E-state index in [1.165, 1.54) is 16.7 Å². The Morgan fingerprint density at radius 2 is 1.44 bits per heavy atom. The van der Waals surface area contributed by atoms with Gasteiger partial charge in [0.2, 0.25) is 0 Å². The van der Waals surface area contributed by atoms with Gasteiger partial charge in [-0.25, -0.2) is 0 Å². The van der Waals surface area contributed by atoms with Gasteiger partial charge in [0.1, 0.15) is 0 Å². The summed E-state index contributed by atoms with van der Waals surface area (Å²) in [5.41, 5.74) is 3.83. The molecule has 2 rings (SSSR count). The Labute approximate surface area is 114 Å². The average molecular weight is 257 g/mol. The summed E-state index contributed by atoms with van der Waals surface area (Å²) in [6, 6.07) is 16.7. The normalized spacial score (nSPS) is 11.0. The third kappa shape index (κ3) is 3.48. The van der Waals surface area contributed by atoms with E-state index in [-0.39, 0.29) is 0 Å². The molecule has 0 nitrogen and oxygen atoms in total. The second kappa shape index (κ2) is 6.42. The van der Waals surface area contributed by atoms with Gasteiger partial charge in [-0.15, -0.1) is 0 Å². The van der Waals surface area contributed by atoms with Crippen LogP contribution in [0.1, 0.15) is 18.9 Å². The Morgan fingerprint density at radius 3 is 2.00 bits per heavy atom. The first-order chi connectivity index (χ1) is 8.79. The highest BCUT2D eigenvalue weighted by atomic mass is 35.5. The molecule has 0 aromatic heterocycles. The molecule has 0 atom stereocenters. The number of allylic oxidation sites excluding steroid dienone is 2. The van der Waals surface area contributed by atoms with Gasteiger partial charge in [0, 0.05) is 5.02 Å². The summed E-state index contributed by atoms with van der Waals surface area (Å²) in [4.78, 5) is 0. The summed E-state index contributed by atoms with van der Waals surface area (Å²) in [6.07, 6.45) is 6.51. The number of halogens is 1. The van der Waals surface area contributed by atoms with Crippen molar-refractivity contribution in [3.63, 3.8) is 0 Å². The fourth-order valence-corrected chi connectivity index (χ4v) is 2.05. The van der Waals surface area contributed by atoms with Gasteiger partial charge in [0.15, 0.2) is 0 Å². The van der Waals surface area contributed by atoms with Crippen LogP contribution in [0.2, 0.25) is 5.02 Å². The molecular weight excluding hydrogens is 240 g/mol. The zero-order valence-electron chi connectivity index (χ0n) is 10.6. The number of hydrogen-bond acceptors (Lipinski definition) is 0. The van der Waals surface area contributed by atoms with E-state index in [1.807, 2.05) is 12.1 Å². The molecule has 0 unspecified atom stereocenters. The highest BCUT2D eigenvalue weighted by Crippen LogP contribution is 2.22. The molecule has 2 aromatic rings. The number of rotatable bonds is 4. The van der Waals surface area contributed by atoms with Gasteiger partial charge < -0.3 is 0 Å². The summed E-state index contributed by atoms with van der Waals surface area (Å²) < 4.78 is 0. The van der Waals surface area contributed by atoms with Crippen LogP contribution in [0.15, 0.2) is 60.7 Å². The van der Waals surface area contributed by atoms with Crippen molar-refractivity contribution in [1.82, 2.24) is 0 Å². The molecule has 92 valence electrons. The van der Waals surface area contributed by atoms with Gasteiger partial charge in [0.25, 0.3) is 0 Å². The monoisotopic (exact) mass is 256 g/mol. The number of benzene rings is 2. The molecule has 0 bridgehead atoms. The second-order valence-electron chi connectivity index (χ2n) is 4.31. The Morgan fingerprint density at radius 1 is 0.889 bits per heavy atom. The SMILES string of the molecule is CC=CCCc1ccc(-c2ccc(Cl)cc2)cc1. The van der Waals surface area contributed by atoms with Gasteiger partial charge in [-0.3, -0.25) is 0 Å². The van der Waals surface area contributed by atoms with E-state index < -0.39 is 0 Å². The maximum atomic E-state index is 5.89. The molecule has 0 aliphatic carbocycles. The Bertz CT molecular complexity index is 506. The van der Waals surface area contributed by atoms with Crippen LogP contribution < -0.4 is 0 Å². The molecular formula is C17H17Cl. The smallest absolute Gasteiger partial charge is 0.0406 e. The standard InChI is InChI=1S/C17H17Cl/c1-2-3-4-5-14-6-8-15(9-7-14)16-10-12-17(18)13-11-16/h2-3,6-13H,4-5H2,1H3. The van der Waals surface area contributed by atoms with Crippen molar-refractivity contribution in [3.8, 4) is 11.1 Å². The molecule has 0 aliphatic rings. The van der Waals surface area contributed by atoms with Crippen LogP contribution in [0.5, 0.6) is 0 Å². The van der Waals surface area contributed by atoms with Gasteiger partial charge >= 0.3 is 0 Å². The molecule has 0 heterocycles. The fourth-order valence-electron chi connectivity index (χ4n) is 1.92. The molecule has 18 heavy (non-hydrogen) atoms. The van der Waals surface area contributed by atoms with E-state index >= 15 is 0 Å². The number of aryl methyl sites for hydroxylation is 1. The van der Waals surface area contributed by atoms with Crippen LogP contribution in [0.25, 0.3) is 11.1 Å². The maximum absolute atomic E-state index is 5.89. The molecule has 1 heteroatoms. The molecule has 0 saturated heterocycles. The maximum Gasteiger partial charge on any atom is 0.0406 e. The number of hydrogen-bond donors (Lipinski definition) is 0. The van der Waals surface area contributed by atoms with Crippen molar-refractivity contribution in [2.24, 2.45) is 0 Å². The van der Waals surface area contributed by atoms with E-state index in [0.717, 1.165) is 17.9 Å². The van der Waals surface area contributed by atoms with Crippen molar-refractivity contribution in [2.75, 3.05) is 0 Å². The first-order valence-corrected chi connectivity index (χ1v) is 6.63. The van der Waals surface area contributed by atoms with E-state index in [2.05, 4.69) is 55.5 Å². The summed E-state index contributed by atoms with van der Waals surface area (Å²) in [6.45, 7) is 2.06. The summed E-state index contributed by atoms with van der Waals surface area (Å²) in [7, 11) is 0. The minimum absolute atomic E-state index is 0.779. The molecule has 0 saturated carbocycles. The summed E-state index contributed by atoms with van der Waals surface area (Å²) in [5, 5.41) is 0.779. The quantitative estimate of drug-likeness (QED) is 0.632. The van der Waals surface area contributed by atoms with Gasteiger partial charge in [-0.1, -0.05) is 60.2 Å². The van der Waals surface area contributed by atoms with Gasteiger partial charge in [0.05, 0.1) is 0 Å². The Kier molecular flexibility index (Phi) is 4.60. The lowest BCUT2D eigenvalue weighted by Gasteiger charge is -2.04. The topological polar surface area (TPSA) is 0 Å². The van der Waals surface area contributed by atoms with Crippen LogP contribution in [-0.4, -0.2) is 0 Å². The third-order valence-corrected chi connectivity index (χ3v) is 3.22. The fraction of sp³-hybridized carbons (Fsp3) is 0.176. The second-order valence-corrected chi connectivity index (χ2v) is 4.75. The highest BCUT2D eigenvalue weighted by Gasteiger charge is 1.98. The van der Waals surface area contributed by atoms with Crippen LogP contribution in [0.4, 0.5) is 0 Å². The van der Waals surface area contributed by atoms with E-state index in [1.54, 1.807) is 0 Å². The van der Waals surface area contributed by atoms with E-state index in [0.29, 0.717) is 0 Å². The van der Waals surface area contributed by atoms with Crippen LogP contribution in [0, 0.1) is 0 Å². The minimum atomic E-state index is 0.779. The van der Waals surface area contributed by atoms with Crippen molar-refractivity contribution in [1.29, 1.82) is 0 Å². The largest absolute Gasteiger partial charge is 0.0917 e. The Hall–Kier alpha value is -1.53. The highest BCUT2D eigenvalue weighted by molar-refractivity contribution is 6.30. The average Bonchev–Trinajstić information content (AvgIpc) is 2.41. The lowest BCUT2D eigenvalue weighted by Crippen LogP contribution is -1.84. The summed E-state index contributed by atoms with van der Waals surface area (Å²) in [5.74, 6) is 0. The predicted molar refractivity (Wildman–Crippen MR) is 80.0 cm³/mol. The third-order valence-electron chi connectivity index (χ3n) is 2.97. The van der Waals surface area contributed by atoms with E-state index in [9.17, 15) is 0 Å². The van der Waals surface area contributed by atoms with Gasteiger partial charge in [-0.05, 0) is 48.6 Å². The zero-order valence-corrected chi connectivity index (χ0v) is 11.3. The summed E-state index contributed by atoms with van der Waals surface area (Å²) >= 11 is 5.89. The molecule has 2 aromatic carbocycles. The predicted octanol–water partition coefficient (Wildman–Crippen LogP) is 5.52. The zero-order chi connectivity index (χ0) is 12.8. The van der Waals surface area contributed by atoms with Crippen molar-refractivity contribution < 1.29 is 0 Å². The van der Waals surface area contributed by atoms with Crippen molar-refractivity contribution in [2.45, 2.75) is 19.8 Å². The molecule has 0 spiro atoms. The van der Waals surface area contributed by atoms with Gasteiger partial charge in [-0.2, -0.15) is 0 Å². The van der Waals surface area contributed by atoms with Crippen molar-refractivity contribution >= 4 is 11.6 Å². The first-order valence-electron chi connectivity index (χ1n) is 6.25. The first kappa shape index (κ1) is 12.9. The van der Waals surface area contributed by atoms with Crippen LogP contribution >= 0.6 is 11.6 Å². The van der Waals surface area contributed by atoms with Crippen LogP contribution in [-0.2, 0) is 6.42 Å². The minimum Gasteiger partial charge on any atom is -0.0917 e. The molecule has 0 aliphatic heterocycles.